The van der Waals surface area contributed by atoms with Gasteiger partial charge in [-0.15, -0.1) is 11.3 Å². The van der Waals surface area contributed by atoms with Crippen molar-refractivity contribution in [3.05, 3.63) is 57.5 Å². The molecule has 1 fully saturated rings. The van der Waals surface area contributed by atoms with Crippen molar-refractivity contribution in [3.63, 3.8) is 0 Å². The number of benzene rings is 1. The van der Waals surface area contributed by atoms with Gasteiger partial charge in [0.1, 0.15) is 0 Å². The van der Waals surface area contributed by atoms with Gasteiger partial charge in [-0.3, -0.25) is 18.9 Å². The van der Waals surface area contributed by atoms with Gasteiger partial charge in [0.2, 0.25) is 6.79 Å². The third-order valence-electron chi connectivity index (χ3n) is 5.03. The van der Waals surface area contributed by atoms with E-state index in [1.54, 1.807) is 28.8 Å². The van der Waals surface area contributed by atoms with Crippen molar-refractivity contribution in [1.29, 1.82) is 0 Å². The summed E-state index contributed by atoms with van der Waals surface area (Å²) in [6.07, 6.45) is 1.73. The molecule has 0 aliphatic carbocycles. The molecule has 4 heterocycles. The number of rotatable bonds is 3. The van der Waals surface area contributed by atoms with E-state index in [2.05, 4.69) is 9.88 Å². The molecule has 9 heteroatoms. The van der Waals surface area contributed by atoms with Crippen molar-refractivity contribution >= 4 is 22.2 Å². The number of amides is 1. The average Bonchev–Trinajstić information content (AvgIpc) is 3.37. The van der Waals surface area contributed by atoms with Crippen LogP contribution in [0.1, 0.15) is 16.1 Å². The topological polar surface area (TPSA) is 76.4 Å². The predicted molar refractivity (Wildman–Crippen MR) is 103 cm³/mol. The van der Waals surface area contributed by atoms with Crippen molar-refractivity contribution in [3.8, 4) is 11.5 Å². The van der Waals surface area contributed by atoms with Gasteiger partial charge < -0.3 is 14.4 Å². The van der Waals surface area contributed by atoms with Gasteiger partial charge in [-0.2, -0.15) is 0 Å². The third kappa shape index (κ3) is 3.02. The monoisotopic (exact) mass is 398 g/mol. The zero-order valence-corrected chi connectivity index (χ0v) is 15.9. The molecule has 0 spiro atoms. The number of nitrogens with zero attached hydrogens (tertiary/aromatic N) is 4. The molecule has 1 aromatic carbocycles. The summed E-state index contributed by atoms with van der Waals surface area (Å²) < 4.78 is 12.4. The Kier molecular flexibility index (Phi) is 4.25. The second kappa shape index (κ2) is 6.92. The van der Waals surface area contributed by atoms with Crippen LogP contribution < -0.4 is 15.0 Å². The van der Waals surface area contributed by atoms with Gasteiger partial charge in [0.25, 0.3) is 11.5 Å². The molecular formula is C19H18N4O4S. The average molecular weight is 398 g/mol. The van der Waals surface area contributed by atoms with Gasteiger partial charge in [0.15, 0.2) is 16.5 Å². The number of aromatic nitrogens is 2. The van der Waals surface area contributed by atoms with Crippen molar-refractivity contribution in [1.82, 2.24) is 19.2 Å². The van der Waals surface area contributed by atoms with E-state index in [1.807, 2.05) is 16.3 Å². The number of thiazole rings is 1. The molecule has 144 valence electrons. The molecule has 2 aromatic heterocycles. The van der Waals surface area contributed by atoms with Crippen LogP contribution in [0.5, 0.6) is 11.5 Å². The fourth-order valence-corrected chi connectivity index (χ4v) is 4.31. The molecule has 2 aliphatic rings. The fourth-order valence-electron chi connectivity index (χ4n) is 3.58. The Hall–Kier alpha value is -2.91. The van der Waals surface area contributed by atoms with E-state index < -0.39 is 0 Å². The van der Waals surface area contributed by atoms with Crippen molar-refractivity contribution in [2.45, 2.75) is 6.54 Å². The summed E-state index contributed by atoms with van der Waals surface area (Å²) in [5, 5.41) is 1.85. The molecule has 2 aliphatic heterocycles. The maximum atomic E-state index is 12.9. The van der Waals surface area contributed by atoms with Gasteiger partial charge in [-0.25, -0.2) is 4.98 Å². The second-order valence-corrected chi connectivity index (χ2v) is 7.62. The number of carbonyl (C=O) groups excluding carboxylic acids is 1. The fraction of sp³-hybridized carbons (Fsp3) is 0.316. The molecule has 0 N–H and O–H groups in total. The third-order valence-corrected chi connectivity index (χ3v) is 5.78. The molecule has 1 saturated heterocycles. The highest BCUT2D eigenvalue weighted by Gasteiger charge is 2.28. The lowest BCUT2D eigenvalue weighted by Crippen LogP contribution is -2.48. The van der Waals surface area contributed by atoms with E-state index in [1.165, 1.54) is 11.3 Å². The minimum absolute atomic E-state index is 0.0432. The van der Waals surface area contributed by atoms with Gasteiger partial charge in [-0.05, 0) is 12.1 Å². The standard InChI is InChI=1S/C19H18N4O4S/c24-16-10-13(20-19-23(16)8-9-28-19)11-21-4-6-22(7-5-21)18(25)14-2-1-3-15-17(14)27-12-26-15/h1-3,8-10H,4-7,11-12H2. The SMILES string of the molecule is O=C(c1cccc2c1OCO2)N1CCN(Cc2cc(=O)n3ccsc3n2)CC1. The normalized spacial score (nSPS) is 16.6. The summed E-state index contributed by atoms with van der Waals surface area (Å²) in [5.41, 5.74) is 1.25. The van der Waals surface area contributed by atoms with Crippen LogP contribution in [0.25, 0.3) is 4.96 Å². The molecule has 8 nitrogen and oxygen atoms in total. The summed E-state index contributed by atoms with van der Waals surface area (Å²) in [6.45, 7) is 3.43. The lowest BCUT2D eigenvalue weighted by molar-refractivity contribution is 0.0623. The molecule has 5 rings (SSSR count). The van der Waals surface area contributed by atoms with Gasteiger partial charge >= 0.3 is 0 Å². The summed E-state index contributed by atoms with van der Waals surface area (Å²) in [6, 6.07) is 6.97. The first-order valence-electron chi connectivity index (χ1n) is 9.05. The number of ether oxygens (including phenoxy) is 2. The van der Waals surface area contributed by atoms with Crippen LogP contribution in [0.15, 0.2) is 40.6 Å². The molecule has 0 saturated carbocycles. The van der Waals surface area contributed by atoms with Gasteiger partial charge in [0.05, 0.1) is 11.3 Å². The first-order valence-corrected chi connectivity index (χ1v) is 9.93. The zero-order valence-electron chi connectivity index (χ0n) is 15.0. The zero-order chi connectivity index (χ0) is 19.1. The second-order valence-electron chi connectivity index (χ2n) is 6.75. The maximum Gasteiger partial charge on any atom is 0.258 e. The minimum atomic E-state index is -0.0600. The van der Waals surface area contributed by atoms with E-state index in [0.717, 1.165) is 18.8 Å². The molecule has 0 unspecified atom stereocenters. The molecule has 28 heavy (non-hydrogen) atoms. The molecule has 3 aromatic rings. The Morgan fingerprint density at radius 1 is 1.18 bits per heavy atom. The van der Waals surface area contributed by atoms with E-state index in [9.17, 15) is 9.59 Å². The number of piperazine rings is 1. The summed E-state index contributed by atoms with van der Waals surface area (Å²) >= 11 is 1.45. The van der Waals surface area contributed by atoms with Crippen LogP contribution in [0.3, 0.4) is 0 Å². The van der Waals surface area contributed by atoms with Crippen LogP contribution >= 0.6 is 11.3 Å². The Labute approximate surface area is 164 Å². The Bertz CT molecular complexity index is 1100. The number of hydrogen-bond donors (Lipinski definition) is 0. The number of fused-ring (bicyclic) bond motifs is 2. The lowest BCUT2D eigenvalue weighted by atomic mass is 10.1. The number of hydrogen-bond acceptors (Lipinski definition) is 7. The molecule has 0 atom stereocenters. The van der Waals surface area contributed by atoms with Crippen LogP contribution in [0.4, 0.5) is 0 Å². The lowest BCUT2D eigenvalue weighted by Gasteiger charge is -2.34. The van der Waals surface area contributed by atoms with Crippen LogP contribution in [0, 0.1) is 0 Å². The summed E-state index contributed by atoms with van der Waals surface area (Å²) in [5.74, 6) is 1.10. The van der Waals surface area contributed by atoms with Gasteiger partial charge in [0, 0.05) is 50.4 Å². The first kappa shape index (κ1) is 17.2. The molecule has 1 amide bonds. The smallest absolute Gasteiger partial charge is 0.258 e. The van der Waals surface area contributed by atoms with Gasteiger partial charge in [-0.1, -0.05) is 6.07 Å². The molecule has 0 bridgehead atoms. The van der Waals surface area contributed by atoms with Crippen molar-refractivity contribution in [2.24, 2.45) is 0 Å². The predicted octanol–water partition coefficient (Wildman–Crippen LogP) is 1.44. The van der Waals surface area contributed by atoms with E-state index in [4.69, 9.17) is 9.47 Å². The van der Waals surface area contributed by atoms with E-state index in [-0.39, 0.29) is 18.3 Å². The van der Waals surface area contributed by atoms with E-state index in [0.29, 0.717) is 41.7 Å². The highest BCUT2D eigenvalue weighted by molar-refractivity contribution is 7.15. The summed E-state index contributed by atoms with van der Waals surface area (Å²) in [4.78, 5) is 34.3. The van der Waals surface area contributed by atoms with Crippen molar-refractivity contribution in [2.75, 3.05) is 33.0 Å². The summed E-state index contributed by atoms with van der Waals surface area (Å²) in [7, 11) is 0. The quantitative estimate of drug-likeness (QED) is 0.665. The molecular weight excluding hydrogens is 380 g/mol. The highest BCUT2D eigenvalue weighted by atomic mass is 32.1. The Morgan fingerprint density at radius 2 is 2.04 bits per heavy atom. The first-order chi connectivity index (χ1) is 13.7. The number of carbonyl (C=O) groups is 1. The Morgan fingerprint density at radius 3 is 2.89 bits per heavy atom. The molecule has 0 radical (unpaired) electrons. The Balaban J connectivity index is 1.25. The largest absolute Gasteiger partial charge is 0.454 e. The van der Waals surface area contributed by atoms with Crippen LogP contribution in [0.2, 0.25) is 0 Å². The van der Waals surface area contributed by atoms with Crippen LogP contribution in [-0.2, 0) is 6.54 Å². The van der Waals surface area contributed by atoms with Crippen molar-refractivity contribution < 1.29 is 14.3 Å². The minimum Gasteiger partial charge on any atom is -0.454 e. The highest BCUT2D eigenvalue weighted by Crippen LogP contribution is 2.36. The van der Waals surface area contributed by atoms with Crippen LogP contribution in [-0.4, -0.2) is 58.1 Å². The van der Waals surface area contributed by atoms with E-state index >= 15 is 0 Å². The maximum absolute atomic E-state index is 12.9. The number of para-hydroxylation sites is 1.